The predicted octanol–water partition coefficient (Wildman–Crippen LogP) is 4.79. The fourth-order valence-corrected chi connectivity index (χ4v) is 4.23. The Kier molecular flexibility index (Phi) is 10.4. The Morgan fingerprint density at radius 3 is 2.34 bits per heavy atom. The topological polar surface area (TPSA) is 73.9 Å². The molecule has 0 radical (unpaired) electrons. The van der Waals surface area contributed by atoms with Gasteiger partial charge in [0.1, 0.15) is 5.75 Å². The van der Waals surface area contributed by atoms with E-state index in [1.165, 1.54) is 0 Å². The normalized spacial score (nSPS) is 13.2. The Balaban J connectivity index is 1.70. The summed E-state index contributed by atoms with van der Waals surface area (Å²) in [5.74, 6) is 0.435. The van der Waals surface area contributed by atoms with Crippen molar-refractivity contribution < 1.29 is 14.3 Å². The van der Waals surface area contributed by atoms with E-state index in [0.29, 0.717) is 30.0 Å². The molecule has 2 aromatic rings. The number of nitrogens with zero attached hydrogens (tertiary/aromatic N) is 2. The number of benzene rings is 2. The zero-order valence-electron chi connectivity index (χ0n) is 21.4. The predicted molar refractivity (Wildman–Crippen MR) is 143 cm³/mol. The van der Waals surface area contributed by atoms with Crippen molar-refractivity contribution in [3.05, 3.63) is 53.6 Å². The summed E-state index contributed by atoms with van der Waals surface area (Å²) in [6.07, 6.45) is 4.33. The van der Waals surface area contributed by atoms with Crippen molar-refractivity contribution in [2.75, 3.05) is 56.1 Å². The summed E-state index contributed by atoms with van der Waals surface area (Å²) in [5, 5.41) is 6.02. The Morgan fingerprint density at radius 2 is 1.69 bits per heavy atom. The van der Waals surface area contributed by atoms with E-state index in [-0.39, 0.29) is 11.8 Å². The summed E-state index contributed by atoms with van der Waals surface area (Å²) in [6.45, 7) is 12.2. The van der Waals surface area contributed by atoms with Gasteiger partial charge in [-0.15, -0.1) is 0 Å². The summed E-state index contributed by atoms with van der Waals surface area (Å²) in [7, 11) is 0. The molecule has 1 aliphatic rings. The Bertz CT molecular complexity index is 951. The Labute approximate surface area is 209 Å². The molecule has 1 aliphatic heterocycles. The van der Waals surface area contributed by atoms with Crippen LogP contribution in [-0.4, -0.2) is 62.6 Å². The molecule has 0 spiro atoms. The molecule has 7 heteroatoms. The number of likely N-dealkylation sites (N-methyl/N-ethyl adjacent to an activating group) is 1. The van der Waals surface area contributed by atoms with E-state index in [0.717, 1.165) is 69.8 Å². The van der Waals surface area contributed by atoms with E-state index < -0.39 is 0 Å². The highest BCUT2D eigenvalue weighted by atomic mass is 16.5. The number of unbranched alkanes of at least 4 members (excludes halogenated alkanes) is 1. The molecule has 2 N–H and O–H groups in total. The van der Waals surface area contributed by atoms with Gasteiger partial charge in [0.2, 0.25) is 0 Å². The third kappa shape index (κ3) is 7.72. The van der Waals surface area contributed by atoms with Crippen molar-refractivity contribution in [2.24, 2.45) is 0 Å². The second-order valence-electron chi connectivity index (χ2n) is 8.89. The average Bonchev–Trinajstić information content (AvgIpc) is 3.42. The molecule has 1 saturated heterocycles. The van der Waals surface area contributed by atoms with Crippen molar-refractivity contribution in [1.82, 2.24) is 10.2 Å². The number of nitrogens with one attached hydrogen (secondary N) is 2. The first-order valence-electron chi connectivity index (χ1n) is 13.0. The first-order valence-corrected chi connectivity index (χ1v) is 13.0. The number of carbonyl (C=O) groups excluding carboxylic acids is 2. The van der Waals surface area contributed by atoms with E-state index in [2.05, 4.69) is 41.2 Å². The summed E-state index contributed by atoms with van der Waals surface area (Å²) < 4.78 is 5.68. The van der Waals surface area contributed by atoms with Gasteiger partial charge in [-0.2, -0.15) is 0 Å². The number of hydrogen-bond donors (Lipinski definition) is 2. The molecule has 190 valence electrons. The SMILES string of the molecule is CCCCOc1ccc(C(=O)Nc2ccc(N3CCCC3)c(C(=O)NCCN(CC)CC)c2)cc1. The number of ether oxygens (including phenoxy) is 1. The maximum absolute atomic E-state index is 13.2. The lowest BCUT2D eigenvalue weighted by Gasteiger charge is -2.23. The van der Waals surface area contributed by atoms with Crippen LogP contribution in [0.5, 0.6) is 5.75 Å². The molecular weight excluding hydrogens is 440 g/mol. The van der Waals surface area contributed by atoms with Crippen molar-refractivity contribution in [3.8, 4) is 5.75 Å². The molecule has 1 fully saturated rings. The van der Waals surface area contributed by atoms with Crippen LogP contribution in [0.15, 0.2) is 42.5 Å². The first kappa shape index (κ1) is 26.5. The van der Waals surface area contributed by atoms with Crippen LogP contribution >= 0.6 is 0 Å². The highest BCUT2D eigenvalue weighted by Gasteiger charge is 2.21. The van der Waals surface area contributed by atoms with Crippen LogP contribution in [0.1, 0.15) is 67.2 Å². The first-order chi connectivity index (χ1) is 17.0. The lowest BCUT2D eigenvalue weighted by molar-refractivity contribution is 0.0948. The van der Waals surface area contributed by atoms with Gasteiger partial charge in [0.05, 0.1) is 12.2 Å². The molecule has 0 unspecified atom stereocenters. The molecule has 3 rings (SSSR count). The van der Waals surface area contributed by atoms with Gasteiger partial charge in [-0.05, 0) is 74.8 Å². The lowest BCUT2D eigenvalue weighted by Crippen LogP contribution is -2.35. The van der Waals surface area contributed by atoms with Crippen molar-refractivity contribution in [2.45, 2.75) is 46.5 Å². The van der Waals surface area contributed by atoms with Crippen molar-refractivity contribution in [3.63, 3.8) is 0 Å². The zero-order chi connectivity index (χ0) is 25.0. The van der Waals surface area contributed by atoms with Gasteiger partial charge < -0.3 is 25.2 Å². The minimum absolute atomic E-state index is 0.108. The maximum Gasteiger partial charge on any atom is 0.255 e. The number of hydrogen-bond acceptors (Lipinski definition) is 5. The Morgan fingerprint density at radius 1 is 0.971 bits per heavy atom. The van der Waals surface area contributed by atoms with E-state index in [9.17, 15) is 9.59 Å². The quantitative estimate of drug-likeness (QED) is 0.403. The fraction of sp³-hybridized carbons (Fsp3) is 0.500. The van der Waals surface area contributed by atoms with E-state index in [1.54, 1.807) is 18.2 Å². The van der Waals surface area contributed by atoms with Crippen molar-refractivity contribution in [1.29, 1.82) is 0 Å². The second-order valence-corrected chi connectivity index (χ2v) is 8.89. The van der Waals surface area contributed by atoms with Crippen LogP contribution < -0.4 is 20.3 Å². The third-order valence-corrected chi connectivity index (χ3v) is 6.44. The highest BCUT2D eigenvalue weighted by molar-refractivity contribution is 6.06. The van der Waals surface area contributed by atoms with Crippen LogP contribution in [0.25, 0.3) is 0 Å². The van der Waals surface area contributed by atoms with Crippen molar-refractivity contribution >= 4 is 23.2 Å². The molecule has 7 nitrogen and oxygen atoms in total. The van der Waals surface area contributed by atoms with E-state index >= 15 is 0 Å². The average molecular weight is 481 g/mol. The van der Waals surface area contributed by atoms with Gasteiger partial charge >= 0.3 is 0 Å². The monoisotopic (exact) mass is 480 g/mol. The number of rotatable bonds is 13. The number of amides is 2. The standard InChI is InChI=1S/C28H40N4O3/c1-4-7-20-35-24-13-10-22(11-14-24)27(33)30-23-12-15-26(32-17-8-9-18-32)25(21-23)28(34)29-16-19-31(5-2)6-3/h10-15,21H,4-9,16-20H2,1-3H3,(H,29,34)(H,30,33). The summed E-state index contributed by atoms with van der Waals surface area (Å²) in [5.41, 5.74) is 2.68. The van der Waals surface area contributed by atoms with Gasteiger partial charge in [0.15, 0.2) is 0 Å². The third-order valence-electron chi connectivity index (χ3n) is 6.44. The lowest BCUT2D eigenvalue weighted by atomic mass is 10.1. The van der Waals surface area contributed by atoms with E-state index in [4.69, 9.17) is 4.74 Å². The highest BCUT2D eigenvalue weighted by Crippen LogP contribution is 2.28. The van der Waals surface area contributed by atoms with Gasteiger partial charge in [-0.1, -0.05) is 27.2 Å². The van der Waals surface area contributed by atoms with Gasteiger partial charge in [0.25, 0.3) is 11.8 Å². The molecule has 2 aromatic carbocycles. The number of anilines is 2. The smallest absolute Gasteiger partial charge is 0.255 e. The molecular formula is C28H40N4O3. The minimum Gasteiger partial charge on any atom is -0.494 e. The summed E-state index contributed by atoms with van der Waals surface area (Å²) in [4.78, 5) is 30.5. The molecule has 0 saturated carbocycles. The van der Waals surface area contributed by atoms with Crippen LogP contribution in [0.4, 0.5) is 11.4 Å². The van der Waals surface area contributed by atoms with Crippen LogP contribution in [0.2, 0.25) is 0 Å². The van der Waals surface area contributed by atoms with Crippen LogP contribution in [0, 0.1) is 0 Å². The molecule has 1 heterocycles. The molecule has 0 aromatic heterocycles. The van der Waals surface area contributed by atoms with E-state index in [1.807, 2.05) is 24.3 Å². The maximum atomic E-state index is 13.2. The largest absolute Gasteiger partial charge is 0.494 e. The summed E-state index contributed by atoms with van der Waals surface area (Å²) in [6, 6.07) is 12.8. The zero-order valence-corrected chi connectivity index (χ0v) is 21.4. The molecule has 0 atom stereocenters. The number of carbonyl (C=O) groups is 2. The molecule has 0 bridgehead atoms. The molecule has 35 heavy (non-hydrogen) atoms. The molecule has 0 aliphatic carbocycles. The van der Waals surface area contributed by atoms with Gasteiger partial charge in [0, 0.05) is 43.1 Å². The molecule has 2 amide bonds. The minimum atomic E-state index is -0.216. The van der Waals surface area contributed by atoms with Crippen LogP contribution in [-0.2, 0) is 0 Å². The van der Waals surface area contributed by atoms with Crippen LogP contribution in [0.3, 0.4) is 0 Å². The summed E-state index contributed by atoms with van der Waals surface area (Å²) >= 11 is 0. The van der Waals surface area contributed by atoms with Gasteiger partial charge in [-0.25, -0.2) is 0 Å². The van der Waals surface area contributed by atoms with Gasteiger partial charge in [-0.3, -0.25) is 9.59 Å². The second kappa shape index (κ2) is 13.7. The fourth-order valence-electron chi connectivity index (χ4n) is 4.23. The Hall–Kier alpha value is -3.06.